The fourth-order valence-corrected chi connectivity index (χ4v) is 2.90. The lowest BCUT2D eigenvalue weighted by molar-refractivity contribution is 0.0697. The molecule has 5 heteroatoms. The lowest BCUT2D eigenvalue weighted by Gasteiger charge is -1.97. The molecule has 1 aromatic carbocycles. The van der Waals surface area contributed by atoms with Crippen LogP contribution in [-0.2, 0) is 7.05 Å². The van der Waals surface area contributed by atoms with Crippen molar-refractivity contribution in [2.45, 2.75) is 0 Å². The zero-order valence-electron chi connectivity index (χ0n) is 9.62. The molecule has 3 aromatic rings. The Hall–Kier alpha value is -2.14. The molecule has 0 spiro atoms. The highest BCUT2D eigenvalue weighted by Gasteiger charge is 2.11. The van der Waals surface area contributed by atoms with Gasteiger partial charge in [0.05, 0.1) is 11.8 Å². The first-order valence-corrected chi connectivity index (χ1v) is 6.26. The summed E-state index contributed by atoms with van der Waals surface area (Å²) in [5.74, 6) is -0.903. The molecule has 0 atom stereocenters. The van der Waals surface area contributed by atoms with Crippen molar-refractivity contribution < 1.29 is 9.90 Å². The van der Waals surface area contributed by atoms with E-state index in [4.69, 9.17) is 5.11 Å². The molecule has 0 radical (unpaired) electrons. The van der Waals surface area contributed by atoms with Crippen molar-refractivity contribution >= 4 is 27.4 Å². The molecule has 1 N–H and O–H groups in total. The van der Waals surface area contributed by atoms with E-state index in [1.807, 2.05) is 24.7 Å². The summed E-state index contributed by atoms with van der Waals surface area (Å²) in [5, 5.41) is 16.2. The smallest absolute Gasteiger partial charge is 0.335 e. The van der Waals surface area contributed by atoms with Crippen molar-refractivity contribution in [3.8, 4) is 11.1 Å². The van der Waals surface area contributed by atoms with Crippen molar-refractivity contribution in [3.05, 3.63) is 41.5 Å². The molecule has 2 heterocycles. The van der Waals surface area contributed by atoms with E-state index in [0.717, 1.165) is 21.2 Å². The predicted molar refractivity (Wildman–Crippen MR) is 71.0 cm³/mol. The topological polar surface area (TPSA) is 55.1 Å². The SMILES string of the molecule is Cn1cc(-c2csc3ccc(C(=O)O)cc23)cn1. The minimum Gasteiger partial charge on any atom is -0.478 e. The van der Waals surface area contributed by atoms with Crippen LogP contribution >= 0.6 is 11.3 Å². The number of aryl methyl sites for hydroxylation is 1. The third-order valence-electron chi connectivity index (χ3n) is 2.84. The van der Waals surface area contributed by atoms with Gasteiger partial charge in [-0.15, -0.1) is 11.3 Å². The van der Waals surface area contributed by atoms with Crippen molar-refractivity contribution in [3.63, 3.8) is 0 Å². The zero-order chi connectivity index (χ0) is 12.7. The van der Waals surface area contributed by atoms with Crippen LogP contribution in [0.3, 0.4) is 0 Å². The number of carbonyl (C=O) groups is 1. The Morgan fingerprint density at radius 1 is 1.44 bits per heavy atom. The Morgan fingerprint density at radius 3 is 2.94 bits per heavy atom. The molecule has 0 saturated carbocycles. The number of carboxylic acids is 1. The van der Waals surface area contributed by atoms with Crippen LogP contribution in [0.1, 0.15) is 10.4 Å². The van der Waals surface area contributed by atoms with E-state index in [0.29, 0.717) is 5.56 Å². The average Bonchev–Trinajstić information content (AvgIpc) is 2.93. The number of nitrogens with zero attached hydrogens (tertiary/aromatic N) is 2. The van der Waals surface area contributed by atoms with E-state index in [-0.39, 0.29) is 0 Å². The van der Waals surface area contributed by atoms with Gasteiger partial charge in [-0.3, -0.25) is 4.68 Å². The number of carboxylic acid groups (broad SMARTS) is 1. The normalized spacial score (nSPS) is 10.9. The van der Waals surface area contributed by atoms with Gasteiger partial charge >= 0.3 is 5.97 Å². The van der Waals surface area contributed by atoms with Crippen LogP contribution in [0, 0.1) is 0 Å². The van der Waals surface area contributed by atoms with Gasteiger partial charge in [-0.1, -0.05) is 0 Å². The number of hydrogen-bond acceptors (Lipinski definition) is 3. The van der Waals surface area contributed by atoms with Crippen LogP contribution in [-0.4, -0.2) is 20.9 Å². The summed E-state index contributed by atoms with van der Waals surface area (Å²) in [5.41, 5.74) is 2.35. The van der Waals surface area contributed by atoms with Gasteiger partial charge < -0.3 is 5.11 Å². The van der Waals surface area contributed by atoms with Crippen molar-refractivity contribution in [1.29, 1.82) is 0 Å². The van der Waals surface area contributed by atoms with Gasteiger partial charge in [0.2, 0.25) is 0 Å². The van der Waals surface area contributed by atoms with E-state index < -0.39 is 5.97 Å². The van der Waals surface area contributed by atoms with Gasteiger partial charge in [-0.25, -0.2) is 4.79 Å². The zero-order valence-corrected chi connectivity index (χ0v) is 10.4. The Kier molecular flexibility index (Phi) is 2.41. The fourth-order valence-electron chi connectivity index (χ4n) is 1.95. The molecule has 90 valence electrons. The second-order valence-corrected chi connectivity index (χ2v) is 4.98. The minimum absolute atomic E-state index is 0.311. The van der Waals surface area contributed by atoms with Crippen molar-refractivity contribution in [2.24, 2.45) is 7.05 Å². The second-order valence-electron chi connectivity index (χ2n) is 4.07. The van der Waals surface area contributed by atoms with E-state index in [1.165, 1.54) is 0 Å². The summed E-state index contributed by atoms with van der Waals surface area (Å²) in [6.45, 7) is 0. The minimum atomic E-state index is -0.903. The summed E-state index contributed by atoms with van der Waals surface area (Å²) in [6, 6.07) is 5.20. The number of aromatic nitrogens is 2. The van der Waals surface area contributed by atoms with Crippen LogP contribution < -0.4 is 0 Å². The molecular weight excluding hydrogens is 248 g/mol. The van der Waals surface area contributed by atoms with Crippen molar-refractivity contribution in [2.75, 3.05) is 0 Å². The molecule has 0 aliphatic carbocycles. The molecule has 4 nitrogen and oxygen atoms in total. The predicted octanol–water partition coefficient (Wildman–Crippen LogP) is 3.00. The van der Waals surface area contributed by atoms with Gasteiger partial charge in [-0.05, 0) is 23.6 Å². The maximum atomic E-state index is 11.0. The summed E-state index contributed by atoms with van der Waals surface area (Å²) in [7, 11) is 1.86. The second kappa shape index (κ2) is 3.96. The Morgan fingerprint density at radius 2 is 2.28 bits per heavy atom. The van der Waals surface area contributed by atoms with Gasteiger partial charge in [0.15, 0.2) is 0 Å². The molecule has 0 fully saturated rings. The average molecular weight is 258 g/mol. The molecule has 0 unspecified atom stereocenters. The van der Waals surface area contributed by atoms with Crippen LogP contribution in [0.25, 0.3) is 21.2 Å². The first-order valence-electron chi connectivity index (χ1n) is 5.39. The standard InChI is InChI=1S/C13H10N2O2S/c1-15-6-9(5-14-15)11-7-18-12-3-2-8(13(16)17)4-10(11)12/h2-7H,1H3,(H,16,17). The Balaban J connectivity index is 2.23. The lowest BCUT2D eigenvalue weighted by atomic mass is 10.1. The number of rotatable bonds is 2. The molecule has 0 bridgehead atoms. The van der Waals surface area contributed by atoms with Gasteiger partial charge in [0.1, 0.15) is 0 Å². The van der Waals surface area contributed by atoms with Crippen LogP contribution in [0.4, 0.5) is 0 Å². The summed E-state index contributed by atoms with van der Waals surface area (Å²) < 4.78 is 2.82. The summed E-state index contributed by atoms with van der Waals surface area (Å²) in [6.07, 6.45) is 3.71. The number of thiophene rings is 1. The lowest BCUT2D eigenvalue weighted by Crippen LogP contribution is -1.94. The molecule has 0 amide bonds. The maximum absolute atomic E-state index is 11.0. The molecule has 2 aromatic heterocycles. The van der Waals surface area contributed by atoms with Gasteiger partial charge in [0.25, 0.3) is 0 Å². The highest BCUT2D eigenvalue weighted by molar-refractivity contribution is 7.17. The molecule has 0 saturated heterocycles. The summed E-state index contributed by atoms with van der Waals surface area (Å²) >= 11 is 1.61. The van der Waals surface area contributed by atoms with Crippen LogP contribution in [0.5, 0.6) is 0 Å². The molecule has 0 aliphatic heterocycles. The highest BCUT2D eigenvalue weighted by atomic mass is 32.1. The number of benzene rings is 1. The molecule has 18 heavy (non-hydrogen) atoms. The van der Waals surface area contributed by atoms with E-state index in [9.17, 15) is 4.79 Å². The van der Waals surface area contributed by atoms with Crippen LogP contribution in [0.2, 0.25) is 0 Å². The first kappa shape index (κ1) is 11.0. The third-order valence-corrected chi connectivity index (χ3v) is 3.80. The quantitative estimate of drug-likeness (QED) is 0.768. The largest absolute Gasteiger partial charge is 0.478 e. The molecule has 0 aliphatic rings. The van der Waals surface area contributed by atoms with E-state index in [1.54, 1.807) is 34.3 Å². The number of aromatic carboxylic acids is 1. The third kappa shape index (κ3) is 1.69. The van der Waals surface area contributed by atoms with Crippen molar-refractivity contribution in [1.82, 2.24) is 9.78 Å². The maximum Gasteiger partial charge on any atom is 0.335 e. The van der Waals surface area contributed by atoms with Crippen LogP contribution in [0.15, 0.2) is 36.0 Å². The Bertz CT molecular complexity index is 742. The number of hydrogen-bond donors (Lipinski definition) is 1. The fraction of sp³-hybridized carbons (Fsp3) is 0.0769. The van der Waals surface area contributed by atoms with Gasteiger partial charge in [-0.2, -0.15) is 5.10 Å². The highest BCUT2D eigenvalue weighted by Crippen LogP contribution is 2.34. The first-order chi connectivity index (χ1) is 8.65. The molecular formula is C13H10N2O2S. The van der Waals surface area contributed by atoms with E-state index >= 15 is 0 Å². The Labute approximate surface area is 107 Å². The monoisotopic (exact) mass is 258 g/mol. The molecule has 3 rings (SSSR count). The van der Waals surface area contributed by atoms with Gasteiger partial charge in [0, 0.05) is 34.5 Å². The van der Waals surface area contributed by atoms with E-state index in [2.05, 4.69) is 5.10 Å². The number of fused-ring (bicyclic) bond motifs is 1. The summed E-state index contributed by atoms with van der Waals surface area (Å²) in [4.78, 5) is 11.0.